The number of rotatable bonds is 6. The maximum atomic E-state index is 12.6. The fraction of sp³-hybridized carbons (Fsp3) is 0.263. The van der Waals surface area contributed by atoms with Gasteiger partial charge in [-0.05, 0) is 12.5 Å². The van der Waals surface area contributed by atoms with Crippen LogP contribution in [0, 0.1) is 0 Å². The number of carbonyl (C=O) groups excluding carboxylic acids is 1. The van der Waals surface area contributed by atoms with Gasteiger partial charge < -0.3 is 24.7 Å². The number of aliphatic hydroxyl groups excluding tert-OH is 2. The summed E-state index contributed by atoms with van der Waals surface area (Å²) in [5, 5.41) is 21.3. The first-order valence-corrected chi connectivity index (χ1v) is 8.58. The third kappa shape index (κ3) is 2.66. The number of aromatic amines is 1. The smallest absolute Gasteiger partial charge is 0.289 e. The summed E-state index contributed by atoms with van der Waals surface area (Å²) < 4.78 is 1.93. The Morgan fingerprint density at radius 3 is 2.85 bits per heavy atom. The number of aliphatic hydroxyl groups is 2. The molecule has 0 saturated heterocycles. The lowest BCUT2D eigenvalue weighted by Crippen LogP contribution is -2.38. The van der Waals surface area contributed by atoms with E-state index in [0.29, 0.717) is 25.1 Å². The Morgan fingerprint density at radius 2 is 2.08 bits per heavy atom. The number of fused-ring (bicyclic) bond motifs is 1. The second-order valence-electron chi connectivity index (χ2n) is 6.36. The molecule has 1 aromatic carbocycles. The van der Waals surface area contributed by atoms with Crippen LogP contribution in [0.5, 0.6) is 0 Å². The second kappa shape index (κ2) is 6.68. The van der Waals surface area contributed by atoms with E-state index in [0.717, 1.165) is 16.5 Å². The summed E-state index contributed by atoms with van der Waals surface area (Å²) in [6.45, 7) is 0.916. The van der Waals surface area contributed by atoms with Gasteiger partial charge in [0.05, 0.1) is 19.0 Å². The first-order chi connectivity index (χ1) is 12.7. The fourth-order valence-electron chi connectivity index (χ4n) is 3.60. The van der Waals surface area contributed by atoms with Crippen molar-refractivity contribution in [1.82, 2.24) is 19.4 Å². The van der Waals surface area contributed by atoms with E-state index < -0.39 is 11.9 Å². The molecule has 7 heteroatoms. The number of nitrogens with zero attached hydrogens (tertiary/aromatic N) is 3. The fourth-order valence-corrected chi connectivity index (χ4v) is 3.60. The first-order valence-electron chi connectivity index (χ1n) is 8.58. The lowest BCUT2D eigenvalue weighted by atomic mass is 9.99. The van der Waals surface area contributed by atoms with Gasteiger partial charge in [0.2, 0.25) is 0 Å². The molecule has 0 spiro atoms. The molecule has 0 saturated carbocycles. The molecule has 3 N–H and O–H groups in total. The molecule has 1 aliphatic heterocycles. The van der Waals surface area contributed by atoms with Gasteiger partial charge in [0.25, 0.3) is 5.91 Å². The number of aromatic nitrogens is 3. The minimum atomic E-state index is -0.551. The number of hydrogen-bond donors (Lipinski definition) is 3. The molecule has 0 radical (unpaired) electrons. The Morgan fingerprint density at radius 1 is 1.23 bits per heavy atom. The molecule has 1 aliphatic rings. The van der Waals surface area contributed by atoms with Crippen LogP contribution < -0.4 is 0 Å². The highest BCUT2D eigenvalue weighted by atomic mass is 16.3. The third-order valence-electron chi connectivity index (χ3n) is 4.85. The van der Waals surface area contributed by atoms with Gasteiger partial charge in [0, 0.05) is 53.7 Å². The summed E-state index contributed by atoms with van der Waals surface area (Å²) in [6.07, 6.45) is 7.78. The van der Waals surface area contributed by atoms with Crippen LogP contribution in [-0.2, 0) is 11.3 Å². The van der Waals surface area contributed by atoms with Gasteiger partial charge in [-0.25, -0.2) is 4.98 Å². The topological polar surface area (TPSA) is 94.4 Å². The zero-order valence-electron chi connectivity index (χ0n) is 14.2. The normalized spacial score (nSPS) is 17.7. The van der Waals surface area contributed by atoms with Gasteiger partial charge in [-0.3, -0.25) is 4.79 Å². The van der Waals surface area contributed by atoms with E-state index in [4.69, 9.17) is 0 Å². The molecule has 7 nitrogen and oxygen atoms in total. The van der Waals surface area contributed by atoms with Gasteiger partial charge in [-0.2, -0.15) is 0 Å². The number of amides is 1. The van der Waals surface area contributed by atoms with Crippen LogP contribution in [0.15, 0.2) is 54.9 Å². The highest BCUT2D eigenvalue weighted by Crippen LogP contribution is 2.36. The second-order valence-corrected chi connectivity index (χ2v) is 6.36. The van der Waals surface area contributed by atoms with Crippen LogP contribution in [0.2, 0.25) is 0 Å². The Bertz CT molecular complexity index is 958. The minimum absolute atomic E-state index is 0.240. The summed E-state index contributed by atoms with van der Waals surface area (Å²) in [5.74, 6) is -0.716. The summed E-state index contributed by atoms with van der Waals surface area (Å²) in [7, 11) is 0. The third-order valence-corrected chi connectivity index (χ3v) is 4.85. The van der Waals surface area contributed by atoms with Crippen molar-refractivity contribution in [3.63, 3.8) is 0 Å². The van der Waals surface area contributed by atoms with Gasteiger partial charge in [-0.15, -0.1) is 0 Å². The summed E-state index contributed by atoms with van der Waals surface area (Å²) in [6, 6.07) is 7.14. The Hall–Kier alpha value is -3.06. The SMILES string of the molecule is O=C1C(O)=C(c2c[nH]c3ccccc23)C(CO)N1CCCn1ccnc1. The minimum Gasteiger partial charge on any atom is -0.503 e. The molecule has 0 bridgehead atoms. The Labute approximate surface area is 150 Å². The van der Waals surface area contributed by atoms with Crippen molar-refractivity contribution >= 4 is 22.4 Å². The van der Waals surface area contributed by atoms with Crippen LogP contribution in [0.25, 0.3) is 16.5 Å². The molecule has 0 aliphatic carbocycles. The van der Waals surface area contributed by atoms with Gasteiger partial charge in [0.15, 0.2) is 5.76 Å². The number of imidazole rings is 1. The molecule has 1 amide bonds. The molecule has 1 atom stereocenters. The van der Waals surface area contributed by atoms with Crippen LogP contribution in [0.1, 0.15) is 12.0 Å². The maximum absolute atomic E-state index is 12.6. The molecular weight excluding hydrogens is 332 g/mol. The molecule has 26 heavy (non-hydrogen) atoms. The Balaban J connectivity index is 1.59. The van der Waals surface area contributed by atoms with Crippen molar-refractivity contribution in [3.05, 3.63) is 60.5 Å². The molecule has 3 aromatic rings. The molecule has 4 rings (SSSR count). The lowest BCUT2D eigenvalue weighted by Gasteiger charge is -2.25. The highest BCUT2D eigenvalue weighted by Gasteiger charge is 2.40. The van der Waals surface area contributed by atoms with Crippen LogP contribution in [0.4, 0.5) is 0 Å². The van der Waals surface area contributed by atoms with Crippen molar-refractivity contribution in [2.75, 3.05) is 13.2 Å². The van der Waals surface area contributed by atoms with Gasteiger partial charge >= 0.3 is 0 Å². The number of H-pyrrole nitrogens is 1. The highest BCUT2D eigenvalue weighted by molar-refractivity contribution is 6.08. The van der Waals surface area contributed by atoms with Gasteiger partial charge in [-0.1, -0.05) is 18.2 Å². The standard InChI is InChI=1S/C19H20N4O3/c24-11-16-17(14-10-21-15-5-2-1-4-13(14)15)18(25)19(26)23(16)8-3-7-22-9-6-20-12-22/h1-2,4-6,9-10,12,16,21,24-25H,3,7-8,11H2. The van der Waals surface area contributed by atoms with Crippen molar-refractivity contribution in [1.29, 1.82) is 0 Å². The van der Waals surface area contributed by atoms with E-state index in [1.807, 2.05) is 35.0 Å². The predicted molar refractivity (Wildman–Crippen MR) is 97.3 cm³/mol. The molecule has 2 aromatic heterocycles. The molecule has 3 heterocycles. The van der Waals surface area contributed by atoms with E-state index in [-0.39, 0.29) is 12.4 Å². The summed E-state index contributed by atoms with van der Waals surface area (Å²) in [4.78, 5) is 21.3. The van der Waals surface area contributed by atoms with Crippen LogP contribution in [-0.4, -0.2) is 54.7 Å². The predicted octanol–water partition coefficient (Wildman–Crippen LogP) is 1.93. The summed E-state index contributed by atoms with van der Waals surface area (Å²) in [5.41, 5.74) is 2.16. The van der Waals surface area contributed by atoms with Crippen LogP contribution in [0.3, 0.4) is 0 Å². The number of benzene rings is 1. The van der Waals surface area contributed by atoms with Crippen molar-refractivity contribution in [2.45, 2.75) is 19.0 Å². The van der Waals surface area contributed by atoms with E-state index >= 15 is 0 Å². The van der Waals surface area contributed by atoms with E-state index in [9.17, 15) is 15.0 Å². The van der Waals surface area contributed by atoms with E-state index in [1.165, 1.54) is 0 Å². The van der Waals surface area contributed by atoms with E-state index in [1.54, 1.807) is 23.6 Å². The monoisotopic (exact) mass is 352 g/mol. The number of carbonyl (C=O) groups is 1. The average molecular weight is 352 g/mol. The average Bonchev–Trinajstić information content (AvgIpc) is 3.36. The number of hydrogen-bond acceptors (Lipinski definition) is 4. The largest absolute Gasteiger partial charge is 0.503 e. The number of nitrogens with one attached hydrogen (secondary N) is 1. The van der Waals surface area contributed by atoms with E-state index in [2.05, 4.69) is 9.97 Å². The van der Waals surface area contributed by atoms with Crippen molar-refractivity contribution < 1.29 is 15.0 Å². The molecule has 0 fully saturated rings. The number of aryl methyl sites for hydroxylation is 1. The first kappa shape index (κ1) is 16.4. The zero-order chi connectivity index (χ0) is 18.1. The molecule has 134 valence electrons. The molecule has 1 unspecified atom stereocenters. The van der Waals surface area contributed by atoms with Gasteiger partial charge in [0.1, 0.15) is 0 Å². The molecular formula is C19H20N4O3. The van der Waals surface area contributed by atoms with Crippen molar-refractivity contribution in [3.8, 4) is 0 Å². The maximum Gasteiger partial charge on any atom is 0.289 e. The Kier molecular flexibility index (Phi) is 4.22. The van der Waals surface area contributed by atoms with Crippen LogP contribution >= 0.6 is 0 Å². The quantitative estimate of drug-likeness (QED) is 0.632. The summed E-state index contributed by atoms with van der Waals surface area (Å²) >= 11 is 0. The number of para-hydroxylation sites is 1. The van der Waals surface area contributed by atoms with Crippen molar-refractivity contribution in [2.24, 2.45) is 0 Å². The lowest BCUT2D eigenvalue weighted by molar-refractivity contribution is -0.129. The zero-order valence-corrected chi connectivity index (χ0v) is 14.2.